The van der Waals surface area contributed by atoms with Crippen molar-refractivity contribution in [2.75, 3.05) is 6.61 Å². The first-order chi connectivity index (χ1) is 10.8. The zero-order chi connectivity index (χ0) is 16.6. The minimum absolute atomic E-state index is 0.0299. The Kier molecular flexibility index (Phi) is 5.03. The Labute approximate surface area is 155 Å². The van der Waals surface area contributed by atoms with Gasteiger partial charge in [0, 0.05) is 11.1 Å². The van der Waals surface area contributed by atoms with Crippen molar-refractivity contribution in [3.63, 3.8) is 0 Å². The highest BCUT2D eigenvalue weighted by molar-refractivity contribution is 6.67. The van der Waals surface area contributed by atoms with Gasteiger partial charge in [-0.1, -0.05) is 64.6 Å². The molecule has 2 heterocycles. The number of rotatable bonds is 2. The molecule has 3 nitrogen and oxygen atoms in total. The number of ether oxygens (including phenoxy) is 1. The second-order valence-electron chi connectivity index (χ2n) is 5.78. The number of benzene rings is 1. The molecule has 1 fully saturated rings. The van der Waals surface area contributed by atoms with Crippen LogP contribution in [0.2, 0.25) is 5.02 Å². The van der Waals surface area contributed by atoms with Gasteiger partial charge in [-0.2, -0.15) is 0 Å². The van der Waals surface area contributed by atoms with Gasteiger partial charge in [-0.05, 0) is 42.5 Å². The van der Waals surface area contributed by atoms with Crippen LogP contribution in [-0.4, -0.2) is 33.5 Å². The summed E-state index contributed by atoms with van der Waals surface area (Å²) in [5.74, 6) is 0. The summed E-state index contributed by atoms with van der Waals surface area (Å²) in [7, 11) is 0. The Bertz CT molecular complexity index is 624. The monoisotopic (exact) mass is 393 g/mol. The van der Waals surface area contributed by atoms with Gasteiger partial charge in [0.2, 0.25) is 3.79 Å². The lowest BCUT2D eigenvalue weighted by Crippen LogP contribution is -2.44. The fraction of sp³-hybridized carbons (Fsp3) is 0.438. The van der Waals surface area contributed by atoms with Crippen LogP contribution in [0.4, 0.5) is 4.79 Å². The highest BCUT2D eigenvalue weighted by Crippen LogP contribution is 2.39. The van der Waals surface area contributed by atoms with Crippen molar-refractivity contribution in [1.82, 2.24) is 4.90 Å². The smallest absolute Gasteiger partial charge is 0.410 e. The molecule has 0 spiro atoms. The molecule has 0 aliphatic carbocycles. The van der Waals surface area contributed by atoms with Gasteiger partial charge in [0.15, 0.2) is 0 Å². The fourth-order valence-electron chi connectivity index (χ4n) is 3.21. The predicted octanol–water partition coefficient (Wildman–Crippen LogP) is 5.47. The quantitative estimate of drug-likeness (QED) is 0.622. The fourth-order valence-corrected chi connectivity index (χ4v) is 3.50. The van der Waals surface area contributed by atoms with Crippen LogP contribution in [0.5, 0.6) is 0 Å². The third-order valence-corrected chi connectivity index (χ3v) is 4.76. The summed E-state index contributed by atoms with van der Waals surface area (Å²) in [5, 5.41) is 0.713. The molecule has 0 aromatic heterocycles. The number of alkyl halides is 3. The lowest BCUT2D eigenvalue weighted by atomic mass is 9.95. The summed E-state index contributed by atoms with van der Waals surface area (Å²) in [6.07, 6.45) is 4.37. The van der Waals surface area contributed by atoms with Crippen molar-refractivity contribution in [1.29, 1.82) is 0 Å². The third-order valence-electron chi connectivity index (χ3n) is 4.18. The third kappa shape index (κ3) is 4.08. The Morgan fingerprint density at radius 3 is 2.52 bits per heavy atom. The molecule has 0 radical (unpaired) electrons. The highest BCUT2D eigenvalue weighted by Gasteiger charge is 2.41. The van der Waals surface area contributed by atoms with Crippen LogP contribution in [-0.2, 0) is 4.74 Å². The van der Waals surface area contributed by atoms with E-state index in [1.165, 1.54) is 5.57 Å². The minimum atomic E-state index is -1.59. The van der Waals surface area contributed by atoms with Crippen LogP contribution < -0.4 is 0 Å². The Balaban J connectivity index is 1.73. The van der Waals surface area contributed by atoms with E-state index in [1.807, 2.05) is 24.3 Å². The van der Waals surface area contributed by atoms with Gasteiger partial charge in [-0.15, -0.1) is 0 Å². The first-order valence-corrected chi connectivity index (χ1v) is 8.83. The van der Waals surface area contributed by atoms with E-state index in [1.54, 1.807) is 4.90 Å². The summed E-state index contributed by atoms with van der Waals surface area (Å²) in [6.45, 7) is -0.250. The molecule has 1 amide bonds. The van der Waals surface area contributed by atoms with E-state index in [0.29, 0.717) is 5.02 Å². The van der Waals surface area contributed by atoms with E-state index in [0.717, 1.165) is 24.8 Å². The number of nitrogens with zero attached hydrogens (tertiary/aromatic N) is 1. The average molecular weight is 395 g/mol. The van der Waals surface area contributed by atoms with Gasteiger partial charge in [-0.3, -0.25) is 4.90 Å². The minimum Gasteiger partial charge on any atom is -0.445 e. The Morgan fingerprint density at radius 2 is 1.91 bits per heavy atom. The molecule has 2 aliphatic heterocycles. The van der Waals surface area contributed by atoms with Crippen molar-refractivity contribution in [3.8, 4) is 0 Å². The normalized spacial score (nSPS) is 23.7. The number of carbonyl (C=O) groups excluding carboxylic acids is 1. The lowest BCUT2D eigenvalue weighted by molar-refractivity contribution is 0.0904. The summed E-state index contributed by atoms with van der Waals surface area (Å²) in [4.78, 5) is 14.0. The van der Waals surface area contributed by atoms with E-state index in [9.17, 15) is 4.79 Å². The first kappa shape index (κ1) is 17.2. The molecule has 1 aromatic rings. The van der Waals surface area contributed by atoms with Gasteiger partial charge in [0.25, 0.3) is 0 Å². The molecular formula is C16H15Cl4NO2. The van der Waals surface area contributed by atoms with Crippen LogP contribution in [0.1, 0.15) is 24.8 Å². The maximum Gasteiger partial charge on any atom is 0.410 e. The van der Waals surface area contributed by atoms with Crippen LogP contribution in [0.15, 0.2) is 30.3 Å². The van der Waals surface area contributed by atoms with Gasteiger partial charge in [0.05, 0.1) is 6.04 Å². The zero-order valence-corrected chi connectivity index (χ0v) is 15.2. The molecule has 7 heteroatoms. The molecule has 124 valence electrons. The molecule has 0 saturated carbocycles. The van der Waals surface area contributed by atoms with Crippen molar-refractivity contribution < 1.29 is 9.53 Å². The number of amides is 1. The van der Waals surface area contributed by atoms with Crippen molar-refractivity contribution >= 4 is 58.1 Å². The number of carbonyl (C=O) groups is 1. The maximum atomic E-state index is 12.3. The molecule has 2 atom stereocenters. The molecular weight excluding hydrogens is 380 g/mol. The zero-order valence-electron chi connectivity index (χ0n) is 12.1. The van der Waals surface area contributed by atoms with Gasteiger partial charge in [0.1, 0.15) is 6.61 Å². The number of hydrogen-bond donors (Lipinski definition) is 0. The summed E-state index contributed by atoms with van der Waals surface area (Å²) >= 11 is 22.8. The van der Waals surface area contributed by atoms with Crippen LogP contribution in [0.25, 0.3) is 5.57 Å². The van der Waals surface area contributed by atoms with E-state index < -0.39 is 9.89 Å². The predicted molar refractivity (Wildman–Crippen MR) is 94.3 cm³/mol. The molecule has 2 aliphatic rings. The van der Waals surface area contributed by atoms with Crippen molar-refractivity contribution in [3.05, 3.63) is 40.9 Å². The van der Waals surface area contributed by atoms with Gasteiger partial charge >= 0.3 is 6.09 Å². The molecule has 23 heavy (non-hydrogen) atoms. The van der Waals surface area contributed by atoms with E-state index in [2.05, 4.69) is 6.08 Å². The number of hydrogen-bond acceptors (Lipinski definition) is 2. The molecule has 1 saturated heterocycles. The largest absolute Gasteiger partial charge is 0.445 e. The standard InChI is InChI=1S/C16H15Cl4NO2/c17-12-3-1-10(2-4-12)11-7-13-5-6-14(8-11)21(13)15(22)23-9-16(18,19)20/h1-4,7,13-14H,5-6,8-9H2. The van der Waals surface area contributed by atoms with E-state index in [4.69, 9.17) is 51.1 Å². The Hall–Kier alpha value is -0.610. The second kappa shape index (κ2) is 6.72. The molecule has 0 N–H and O–H groups in total. The number of fused-ring (bicyclic) bond motifs is 2. The van der Waals surface area contributed by atoms with Crippen molar-refractivity contribution in [2.45, 2.75) is 35.1 Å². The lowest BCUT2D eigenvalue weighted by Gasteiger charge is -2.33. The van der Waals surface area contributed by atoms with Crippen LogP contribution >= 0.6 is 46.4 Å². The summed E-state index contributed by atoms with van der Waals surface area (Å²) in [5.41, 5.74) is 2.38. The Morgan fingerprint density at radius 1 is 1.22 bits per heavy atom. The second-order valence-corrected chi connectivity index (χ2v) is 8.73. The van der Waals surface area contributed by atoms with Crippen LogP contribution in [0.3, 0.4) is 0 Å². The average Bonchev–Trinajstić information content (AvgIpc) is 2.75. The molecule has 2 bridgehead atoms. The SMILES string of the molecule is O=C(OCC(Cl)(Cl)Cl)N1C2C=C(c3ccc(Cl)cc3)CC1CC2. The first-order valence-electron chi connectivity index (χ1n) is 7.32. The number of halogens is 4. The van der Waals surface area contributed by atoms with E-state index in [-0.39, 0.29) is 18.7 Å². The van der Waals surface area contributed by atoms with Gasteiger partial charge < -0.3 is 4.74 Å². The van der Waals surface area contributed by atoms with E-state index >= 15 is 0 Å². The van der Waals surface area contributed by atoms with Crippen LogP contribution in [0, 0.1) is 0 Å². The molecule has 3 rings (SSSR count). The summed E-state index contributed by atoms with van der Waals surface area (Å²) in [6, 6.07) is 7.91. The topological polar surface area (TPSA) is 29.5 Å². The van der Waals surface area contributed by atoms with Crippen molar-refractivity contribution in [2.24, 2.45) is 0 Å². The molecule has 2 unspecified atom stereocenters. The summed E-state index contributed by atoms with van der Waals surface area (Å²) < 4.78 is 3.54. The maximum absolute atomic E-state index is 12.3. The van der Waals surface area contributed by atoms with Gasteiger partial charge in [-0.25, -0.2) is 4.79 Å². The highest BCUT2D eigenvalue weighted by atomic mass is 35.6. The molecule has 1 aromatic carbocycles.